The minimum absolute atomic E-state index is 0.00229. The zero-order valence-corrected chi connectivity index (χ0v) is 10.3. The minimum Gasteiger partial charge on any atom is -0.378 e. The second-order valence-electron chi connectivity index (χ2n) is 5.10. The first-order chi connectivity index (χ1) is 6.22. The average molecular weight is 220 g/mol. The van der Waals surface area contributed by atoms with E-state index in [1.165, 1.54) is 0 Å². The molecule has 1 aliphatic heterocycles. The van der Waals surface area contributed by atoms with Crippen LogP contribution in [-0.4, -0.2) is 32.6 Å². The lowest BCUT2D eigenvalue weighted by Crippen LogP contribution is -2.50. The molecular weight excluding hydrogens is 200 g/mol. The minimum atomic E-state index is -2.80. The molecule has 3 nitrogen and oxygen atoms in total. The van der Waals surface area contributed by atoms with Crippen LogP contribution < -0.4 is 0 Å². The summed E-state index contributed by atoms with van der Waals surface area (Å²) in [4.78, 5) is 0. The number of rotatable bonds is 1. The van der Waals surface area contributed by atoms with E-state index in [0.717, 1.165) is 0 Å². The van der Waals surface area contributed by atoms with Gasteiger partial charge in [-0.2, -0.15) is 0 Å². The van der Waals surface area contributed by atoms with E-state index in [9.17, 15) is 8.42 Å². The van der Waals surface area contributed by atoms with Crippen molar-refractivity contribution in [3.8, 4) is 0 Å². The third kappa shape index (κ3) is 2.11. The molecule has 0 N–H and O–H groups in total. The fourth-order valence-electron chi connectivity index (χ4n) is 2.13. The largest absolute Gasteiger partial charge is 0.378 e. The van der Waals surface area contributed by atoms with Gasteiger partial charge in [0, 0.05) is 7.11 Å². The van der Waals surface area contributed by atoms with Gasteiger partial charge in [-0.05, 0) is 18.3 Å². The summed E-state index contributed by atoms with van der Waals surface area (Å²) >= 11 is 0. The highest BCUT2D eigenvalue weighted by Crippen LogP contribution is 2.41. The number of hydrogen-bond donors (Lipinski definition) is 0. The number of hydrogen-bond acceptors (Lipinski definition) is 3. The first-order valence-corrected chi connectivity index (χ1v) is 6.80. The van der Waals surface area contributed by atoms with Gasteiger partial charge in [-0.1, -0.05) is 20.8 Å². The molecule has 0 aliphatic carbocycles. The fraction of sp³-hybridized carbons (Fsp3) is 1.00. The molecule has 0 atom stereocenters. The quantitative estimate of drug-likeness (QED) is 0.674. The van der Waals surface area contributed by atoms with Gasteiger partial charge in [0.2, 0.25) is 0 Å². The van der Waals surface area contributed by atoms with Crippen LogP contribution in [0.3, 0.4) is 0 Å². The van der Waals surface area contributed by atoms with Crippen molar-refractivity contribution in [3.63, 3.8) is 0 Å². The molecule has 0 unspecified atom stereocenters. The Kier molecular flexibility index (Phi) is 2.99. The highest BCUT2D eigenvalue weighted by Gasteiger charge is 2.45. The summed E-state index contributed by atoms with van der Waals surface area (Å²) < 4.78 is 28.2. The van der Waals surface area contributed by atoms with Crippen molar-refractivity contribution in [1.82, 2.24) is 0 Å². The first-order valence-electron chi connectivity index (χ1n) is 4.98. The van der Waals surface area contributed by atoms with E-state index in [-0.39, 0.29) is 22.5 Å². The van der Waals surface area contributed by atoms with E-state index in [1.54, 1.807) is 7.11 Å². The maximum Gasteiger partial charge on any atom is 0.150 e. The molecule has 14 heavy (non-hydrogen) atoms. The Labute approximate surface area is 86.8 Å². The normalized spacial score (nSPS) is 26.0. The Morgan fingerprint density at radius 3 is 1.86 bits per heavy atom. The van der Waals surface area contributed by atoms with Crippen LogP contribution in [0.25, 0.3) is 0 Å². The van der Waals surface area contributed by atoms with Crippen LogP contribution in [0, 0.1) is 5.41 Å². The van der Waals surface area contributed by atoms with Gasteiger partial charge in [0.15, 0.2) is 9.84 Å². The molecule has 1 fully saturated rings. The molecule has 0 aromatic rings. The van der Waals surface area contributed by atoms with Gasteiger partial charge in [0.05, 0.1) is 17.1 Å². The molecule has 0 amide bonds. The second kappa shape index (κ2) is 3.49. The van der Waals surface area contributed by atoms with Crippen LogP contribution in [-0.2, 0) is 14.6 Å². The molecule has 1 aliphatic rings. The lowest BCUT2D eigenvalue weighted by Gasteiger charge is -2.46. The van der Waals surface area contributed by atoms with Crippen molar-refractivity contribution in [3.05, 3.63) is 0 Å². The van der Waals surface area contributed by atoms with Crippen LogP contribution in [0.5, 0.6) is 0 Å². The zero-order chi connectivity index (χ0) is 11.0. The standard InChI is InChI=1S/C10H20O3S/c1-9(2,3)10(13-4)5-7-14(11,12)8-6-10/h5-8H2,1-4H3. The predicted molar refractivity (Wildman–Crippen MR) is 57.1 cm³/mol. The van der Waals surface area contributed by atoms with Crippen molar-refractivity contribution in [2.75, 3.05) is 18.6 Å². The van der Waals surface area contributed by atoms with E-state index >= 15 is 0 Å². The van der Waals surface area contributed by atoms with E-state index < -0.39 is 9.84 Å². The summed E-state index contributed by atoms with van der Waals surface area (Å²) in [6.07, 6.45) is 1.24. The molecule has 1 saturated heterocycles. The van der Waals surface area contributed by atoms with Gasteiger partial charge in [-0.25, -0.2) is 8.42 Å². The molecule has 1 rings (SSSR count). The zero-order valence-electron chi connectivity index (χ0n) is 9.46. The SMILES string of the molecule is COC1(C(C)(C)C)CCS(=O)(=O)CC1. The van der Waals surface area contributed by atoms with Crippen LogP contribution in [0.15, 0.2) is 0 Å². The summed E-state index contributed by atoms with van der Waals surface area (Å²) in [5.74, 6) is 0.524. The van der Waals surface area contributed by atoms with E-state index in [0.29, 0.717) is 12.8 Å². The maximum absolute atomic E-state index is 11.3. The fourth-order valence-corrected chi connectivity index (χ4v) is 3.61. The molecule has 0 radical (unpaired) electrons. The van der Waals surface area contributed by atoms with Crippen molar-refractivity contribution in [2.45, 2.75) is 39.2 Å². The summed E-state index contributed by atoms with van der Waals surface area (Å²) in [6, 6.07) is 0. The van der Waals surface area contributed by atoms with E-state index in [2.05, 4.69) is 20.8 Å². The third-order valence-electron chi connectivity index (χ3n) is 3.39. The predicted octanol–water partition coefficient (Wildman–Crippen LogP) is 1.63. The molecular formula is C10H20O3S. The summed E-state index contributed by atoms with van der Waals surface area (Å²) in [7, 11) is -1.12. The molecule has 0 bridgehead atoms. The van der Waals surface area contributed by atoms with Crippen molar-refractivity contribution >= 4 is 9.84 Å². The topological polar surface area (TPSA) is 43.4 Å². The number of sulfone groups is 1. The number of ether oxygens (including phenoxy) is 1. The summed E-state index contributed by atoms with van der Waals surface area (Å²) in [6.45, 7) is 6.32. The lowest BCUT2D eigenvalue weighted by molar-refractivity contribution is -0.0981. The Balaban J connectivity index is 2.87. The molecule has 1 heterocycles. The van der Waals surface area contributed by atoms with Gasteiger partial charge in [-0.15, -0.1) is 0 Å². The average Bonchev–Trinajstić information content (AvgIpc) is 2.03. The highest BCUT2D eigenvalue weighted by atomic mass is 32.2. The molecule has 0 aromatic heterocycles. The van der Waals surface area contributed by atoms with Gasteiger partial charge >= 0.3 is 0 Å². The molecule has 0 aromatic carbocycles. The second-order valence-corrected chi connectivity index (χ2v) is 7.40. The Bertz CT molecular complexity index is 284. The first kappa shape index (κ1) is 12.0. The monoisotopic (exact) mass is 220 g/mol. The van der Waals surface area contributed by atoms with E-state index in [1.807, 2.05) is 0 Å². The molecule has 0 saturated carbocycles. The van der Waals surface area contributed by atoms with Crippen LogP contribution in [0.2, 0.25) is 0 Å². The van der Waals surface area contributed by atoms with Gasteiger partial charge in [0.1, 0.15) is 0 Å². The van der Waals surface area contributed by atoms with Gasteiger partial charge < -0.3 is 4.74 Å². The summed E-state index contributed by atoms with van der Waals surface area (Å²) in [5.41, 5.74) is -0.268. The Hall–Kier alpha value is -0.0900. The maximum atomic E-state index is 11.3. The lowest BCUT2D eigenvalue weighted by atomic mass is 9.72. The molecule has 84 valence electrons. The van der Waals surface area contributed by atoms with Gasteiger partial charge in [0.25, 0.3) is 0 Å². The Morgan fingerprint density at radius 1 is 1.14 bits per heavy atom. The highest BCUT2D eigenvalue weighted by molar-refractivity contribution is 7.91. The molecule has 4 heteroatoms. The van der Waals surface area contributed by atoms with Crippen LogP contribution in [0.1, 0.15) is 33.6 Å². The van der Waals surface area contributed by atoms with Crippen molar-refractivity contribution in [1.29, 1.82) is 0 Å². The third-order valence-corrected chi connectivity index (χ3v) is 5.04. The van der Waals surface area contributed by atoms with Crippen LogP contribution >= 0.6 is 0 Å². The van der Waals surface area contributed by atoms with Crippen molar-refractivity contribution in [2.24, 2.45) is 5.41 Å². The molecule has 0 spiro atoms. The van der Waals surface area contributed by atoms with E-state index in [4.69, 9.17) is 4.74 Å². The summed E-state index contributed by atoms with van der Waals surface area (Å²) in [5, 5.41) is 0. The van der Waals surface area contributed by atoms with Gasteiger partial charge in [-0.3, -0.25) is 0 Å². The number of methoxy groups -OCH3 is 1. The van der Waals surface area contributed by atoms with Crippen molar-refractivity contribution < 1.29 is 13.2 Å². The Morgan fingerprint density at radius 2 is 1.57 bits per heavy atom. The van der Waals surface area contributed by atoms with Crippen LogP contribution in [0.4, 0.5) is 0 Å². The smallest absolute Gasteiger partial charge is 0.150 e.